The van der Waals surface area contributed by atoms with Crippen LogP contribution < -0.4 is 5.73 Å². The summed E-state index contributed by atoms with van der Waals surface area (Å²) in [4.78, 5) is 4.49. The van der Waals surface area contributed by atoms with E-state index in [1.54, 1.807) is 0 Å². The van der Waals surface area contributed by atoms with Crippen molar-refractivity contribution in [1.82, 2.24) is 9.38 Å². The lowest BCUT2D eigenvalue weighted by molar-refractivity contribution is 0.237. The summed E-state index contributed by atoms with van der Waals surface area (Å²) in [6, 6.07) is 6.23. The number of hydrogen-bond acceptors (Lipinski definition) is 2. The molecule has 0 aromatic carbocycles. The van der Waals surface area contributed by atoms with Gasteiger partial charge in [0.1, 0.15) is 5.82 Å². The van der Waals surface area contributed by atoms with Crippen LogP contribution in [-0.4, -0.2) is 9.38 Å². The van der Waals surface area contributed by atoms with Crippen LogP contribution in [0.1, 0.15) is 30.8 Å². The number of hydrogen-bond donors (Lipinski definition) is 1. The molecule has 0 unspecified atom stereocenters. The fourth-order valence-corrected chi connectivity index (χ4v) is 2.35. The normalized spacial score (nSPS) is 19.1. The molecule has 15 heavy (non-hydrogen) atoms. The molecule has 1 aliphatic rings. The summed E-state index contributed by atoms with van der Waals surface area (Å²) in [6.45, 7) is 2.10. The van der Waals surface area contributed by atoms with Crippen LogP contribution in [0.4, 0.5) is 0 Å². The monoisotopic (exact) mass is 201 g/mol. The zero-order chi connectivity index (χ0) is 10.5. The standard InChI is InChI=1S/C12H15N3/c1-9-4-2-5-10-8-14-11(15(9)10)12(13)6-3-7-12/h2,4-5,8H,3,6-7,13H2,1H3. The van der Waals surface area contributed by atoms with Crippen LogP contribution >= 0.6 is 0 Å². The lowest BCUT2D eigenvalue weighted by Crippen LogP contribution is -2.45. The molecular weight excluding hydrogens is 186 g/mol. The minimum Gasteiger partial charge on any atom is -0.319 e. The SMILES string of the molecule is Cc1cccc2cnc(C3(N)CCC3)n12. The molecule has 0 bridgehead atoms. The second-order valence-corrected chi connectivity index (χ2v) is 4.52. The van der Waals surface area contributed by atoms with Gasteiger partial charge in [0.2, 0.25) is 0 Å². The lowest BCUT2D eigenvalue weighted by atomic mass is 9.77. The average molecular weight is 201 g/mol. The van der Waals surface area contributed by atoms with Crippen LogP contribution in [0.25, 0.3) is 5.52 Å². The Balaban J connectivity index is 2.27. The third-order valence-electron chi connectivity index (χ3n) is 3.44. The fourth-order valence-electron chi connectivity index (χ4n) is 2.35. The number of fused-ring (bicyclic) bond motifs is 1. The first-order valence-corrected chi connectivity index (χ1v) is 5.43. The molecule has 0 atom stereocenters. The van der Waals surface area contributed by atoms with Gasteiger partial charge in [-0.05, 0) is 38.3 Å². The Bertz CT molecular complexity index is 509. The zero-order valence-corrected chi connectivity index (χ0v) is 8.90. The molecule has 2 heterocycles. The molecular formula is C12H15N3. The Morgan fingerprint density at radius 2 is 2.20 bits per heavy atom. The Kier molecular flexibility index (Phi) is 1.68. The van der Waals surface area contributed by atoms with Crippen molar-refractivity contribution >= 4 is 5.52 Å². The Labute approximate surface area is 88.9 Å². The van der Waals surface area contributed by atoms with E-state index in [0.29, 0.717) is 0 Å². The van der Waals surface area contributed by atoms with E-state index in [-0.39, 0.29) is 5.54 Å². The van der Waals surface area contributed by atoms with Gasteiger partial charge in [-0.1, -0.05) is 6.07 Å². The number of aryl methyl sites for hydroxylation is 1. The van der Waals surface area contributed by atoms with Crippen molar-refractivity contribution in [1.29, 1.82) is 0 Å². The van der Waals surface area contributed by atoms with Gasteiger partial charge in [0.25, 0.3) is 0 Å². The van der Waals surface area contributed by atoms with Crippen molar-refractivity contribution in [3.63, 3.8) is 0 Å². The maximum atomic E-state index is 6.32. The van der Waals surface area contributed by atoms with Gasteiger partial charge in [-0.2, -0.15) is 0 Å². The van der Waals surface area contributed by atoms with Gasteiger partial charge >= 0.3 is 0 Å². The van der Waals surface area contributed by atoms with E-state index < -0.39 is 0 Å². The van der Waals surface area contributed by atoms with Crippen LogP contribution in [0.15, 0.2) is 24.4 Å². The molecule has 0 radical (unpaired) electrons. The molecule has 3 rings (SSSR count). The van der Waals surface area contributed by atoms with Gasteiger partial charge in [-0.15, -0.1) is 0 Å². The Hall–Kier alpha value is -1.35. The maximum Gasteiger partial charge on any atom is 0.133 e. The molecule has 0 saturated heterocycles. The van der Waals surface area contributed by atoms with Crippen molar-refractivity contribution < 1.29 is 0 Å². The minimum absolute atomic E-state index is 0.182. The molecule has 0 aliphatic heterocycles. The summed E-state index contributed by atoms with van der Waals surface area (Å²) in [5.41, 5.74) is 8.48. The summed E-state index contributed by atoms with van der Waals surface area (Å²) in [7, 11) is 0. The molecule has 0 spiro atoms. The van der Waals surface area contributed by atoms with Gasteiger partial charge in [0, 0.05) is 5.69 Å². The van der Waals surface area contributed by atoms with Gasteiger partial charge in [0.05, 0.1) is 17.3 Å². The lowest BCUT2D eigenvalue weighted by Gasteiger charge is -2.36. The highest BCUT2D eigenvalue weighted by Crippen LogP contribution is 2.38. The van der Waals surface area contributed by atoms with E-state index in [0.717, 1.165) is 24.2 Å². The van der Waals surface area contributed by atoms with E-state index in [2.05, 4.69) is 34.5 Å². The van der Waals surface area contributed by atoms with Gasteiger partial charge in [-0.3, -0.25) is 4.40 Å². The van der Waals surface area contributed by atoms with Crippen molar-refractivity contribution in [2.45, 2.75) is 31.7 Å². The summed E-state index contributed by atoms with van der Waals surface area (Å²) in [5, 5.41) is 0. The second kappa shape index (κ2) is 2.83. The molecule has 78 valence electrons. The number of imidazole rings is 1. The van der Waals surface area contributed by atoms with Gasteiger partial charge < -0.3 is 5.73 Å². The summed E-state index contributed by atoms with van der Waals surface area (Å²) in [5.74, 6) is 1.03. The number of aromatic nitrogens is 2. The number of nitrogens with two attached hydrogens (primary N) is 1. The predicted molar refractivity (Wildman–Crippen MR) is 59.6 cm³/mol. The van der Waals surface area contributed by atoms with Crippen LogP contribution in [-0.2, 0) is 5.54 Å². The topological polar surface area (TPSA) is 43.3 Å². The van der Waals surface area contributed by atoms with Crippen molar-refractivity contribution in [3.8, 4) is 0 Å². The van der Waals surface area contributed by atoms with Crippen molar-refractivity contribution in [2.75, 3.05) is 0 Å². The quantitative estimate of drug-likeness (QED) is 0.766. The first-order chi connectivity index (χ1) is 7.21. The van der Waals surface area contributed by atoms with E-state index >= 15 is 0 Å². The molecule has 3 heteroatoms. The molecule has 2 N–H and O–H groups in total. The van der Waals surface area contributed by atoms with Crippen LogP contribution in [0, 0.1) is 6.92 Å². The molecule has 0 amide bonds. The molecule has 1 fully saturated rings. The number of nitrogens with zero attached hydrogens (tertiary/aromatic N) is 2. The Morgan fingerprint density at radius 3 is 2.87 bits per heavy atom. The highest BCUT2D eigenvalue weighted by Gasteiger charge is 2.38. The predicted octanol–water partition coefficient (Wildman–Crippen LogP) is 1.98. The van der Waals surface area contributed by atoms with E-state index in [1.807, 2.05) is 6.20 Å². The zero-order valence-electron chi connectivity index (χ0n) is 8.90. The van der Waals surface area contributed by atoms with Gasteiger partial charge in [-0.25, -0.2) is 4.98 Å². The molecule has 2 aromatic rings. The summed E-state index contributed by atoms with van der Waals surface area (Å²) >= 11 is 0. The third-order valence-corrected chi connectivity index (χ3v) is 3.44. The van der Waals surface area contributed by atoms with E-state index in [9.17, 15) is 0 Å². The molecule has 1 saturated carbocycles. The molecule has 3 nitrogen and oxygen atoms in total. The smallest absolute Gasteiger partial charge is 0.133 e. The maximum absolute atomic E-state index is 6.32. The first kappa shape index (κ1) is 8.92. The van der Waals surface area contributed by atoms with Crippen LogP contribution in [0.3, 0.4) is 0 Å². The van der Waals surface area contributed by atoms with E-state index in [1.165, 1.54) is 12.1 Å². The molecule has 1 aliphatic carbocycles. The Morgan fingerprint density at radius 1 is 1.40 bits per heavy atom. The van der Waals surface area contributed by atoms with E-state index in [4.69, 9.17) is 5.73 Å². The fraction of sp³-hybridized carbons (Fsp3) is 0.417. The summed E-state index contributed by atoms with van der Waals surface area (Å²) in [6.07, 6.45) is 5.24. The van der Waals surface area contributed by atoms with Crippen LogP contribution in [0.2, 0.25) is 0 Å². The van der Waals surface area contributed by atoms with Gasteiger partial charge in [0.15, 0.2) is 0 Å². The number of pyridine rings is 1. The third kappa shape index (κ3) is 1.13. The largest absolute Gasteiger partial charge is 0.319 e. The van der Waals surface area contributed by atoms with Crippen molar-refractivity contribution in [2.24, 2.45) is 5.73 Å². The molecule has 2 aromatic heterocycles. The average Bonchev–Trinajstić information content (AvgIpc) is 2.60. The summed E-state index contributed by atoms with van der Waals surface area (Å²) < 4.78 is 2.18. The number of rotatable bonds is 1. The minimum atomic E-state index is -0.182. The first-order valence-electron chi connectivity index (χ1n) is 5.43. The highest BCUT2D eigenvalue weighted by atomic mass is 15.1. The van der Waals surface area contributed by atoms with Crippen LogP contribution in [0.5, 0.6) is 0 Å². The van der Waals surface area contributed by atoms with Crippen molar-refractivity contribution in [3.05, 3.63) is 35.9 Å². The highest BCUT2D eigenvalue weighted by molar-refractivity contribution is 5.48. The second-order valence-electron chi connectivity index (χ2n) is 4.52.